The lowest BCUT2D eigenvalue weighted by Crippen LogP contribution is -2.10. The highest BCUT2D eigenvalue weighted by molar-refractivity contribution is 6.14. The quantitative estimate of drug-likeness (QED) is 0.412. The number of phenolic OH excluding ortho intramolecular Hbond substituents is 4. The van der Waals surface area contributed by atoms with E-state index in [4.69, 9.17) is 4.42 Å². The third-order valence-electron chi connectivity index (χ3n) is 4.37. The monoisotopic (exact) mass is 398 g/mol. The Hall–Kier alpha value is -3.94. The van der Waals surface area contributed by atoms with E-state index in [-0.39, 0.29) is 46.1 Å². The summed E-state index contributed by atoms with van der Waals surface area (Å²) in [5, 5.41) is 49.7. The van der Waals surface area contributed by atoms with Crippen LogP contribution in [-0.2, 0) is 12.8 Å². The molecule has 0 aliphatic carbocycles. The van der Waals surface area contributed by atoms with Gasteiger partial charge in [0.15, 0.2) is 0 Å². The second kappa shape index (κ2) is 7.59. The molecule has 8 nitrogen and oxygen atoms in total. The molecule has 0 bridgehead atoms. The summed E-state index contributed by atoms with van der Waals surface area (Å²) < 4.78 is 4.99. The Bertz CT molecular complexity index is 1160. The Morgan fingerprint density at radius 1 is 0.793 bits per heavy atom. The standard InChI is InChI=1S/C21H18O8/c1-2-10-3-12(22)7-16(25)19(10)21(28)20-11(4-13(23)8-17(20)26)5-15-6-14(24)9-18(27)29-15/h3-4,6-9,22-26H,2,5H2,1H3. The van der Waals surface area contributed by atoms with Crippen LogP contribution in [0.4, 0.5) is 0 Å². The van der Waals surface area contributed by atoms with Gasteiger partial charge in [-0.05, 0) is 29.7 Å². The van der Waals surface area contributed by atoms with Gasteiger partial charge in [0.25, 0.3) is 0 Å². The number of aryl methyl sites for hydroxylation is 1. The first-order valence-corrected chi connectivity index (χ1v) is 8.67. The fraction of sp³-hybridized carbons (Fsp3) is 0.143. The maximum absolute atomic E-state index is 13.2. The van der Waals surface area contributed by atoms with Gasteiger partial charge in [-0.3, -0.25) is 4.79 Å². The van der Waals surface area contributed by atoms with Gasteiger partial charge in [0, 0.05) is 24.6 Å². The smallest absolute Gasteiger partial charge is 0.339 e. The van der Waals surface area contributed by atoms with Crippen molar-refractivity contribution in [1.82, 2.24) is 0 Å². The van der Waals surface area contributed by atoms with Crippen LogP contribution >= 0.6 is 0 Å². The first-order chi connectivity index (χ1) is 13.7. The second-order valence-electron chi connectivity index (χ2n) is 6.46. The van der Waals surface area contributed by atoms with Crippen LogP contribution in [0.3, 0.4) is 0 Å². The minimum absolute atomic E-state index is 0.000284. The lowest BCUT2D eigenvalue weighted by Gasteiger charge is -2.15. The molecule has 8 heteroatoms. The second-order valence-corrected chi connectivity index (χ2v) is 6.46. The highest BCUT2D eigenvalue weighted by Gasteiger charge is 2.25. The molecule has 0 atom stereocenters. The summed E-state index contributed by atoms with van der Waals surface area (Å²) in [6.07, 6.45) is 0.117. The number of phenols is 4. The zero-order chi connectivity index (χ0) is 21.3. The van der Waals surface area contributed by atoms with Crippen molar-refractivity contribution in [3.8, 4) is 28.7 Å². The van der Waals surface area contributed by atoms with E-state index < -0.39 is 22.9 Å². The third kappa shape index (κ3) is 4.01. The number of hydrogen-bond acceptors (Lipinski definition) is 8. The van der Waals surface area contributed by atoms with Gasteiger partial charge < -0.3 is 29.9 Å². The molecule has 1 heterocycles. The van der Waals surface area contributed by atoms with Crippen molar-refractivity contribution >= 4 is 5.78 Å². The molecule has 1 aromatic heterocycles. The average Bonchev–Trinajstić information content (AvgIpc) is 2.59. The molecule has 3 rings (SSSR count). The van der Waals surface area contributed by atoms with E-state index in [1.165, 1.54) is 18.2 Å². The fourth-order valence-corrected chi connectivity index (χ4v) is 3.20. The summed E-state index contributed by atoms with van der Waals surface area (Å²) in [5.41, 5.74) is -0.665. The predicted octanol–water partition coefficient (Wildman–Crippen LogP) is 2.55. The van der Waals surface area contributed by atoms with E-state index >= 15 is 0 Å². The van der Waals surface area contributed by atoms with Gasteiger partial charge in [-0.2, -0.15) is 0 Å². The van der Waals surface area contributed by atoms with Gasteiger partial charge in [-0.1, -0.05) is 6.92 Å². The summed E-state index contributed by atoms with van der Waals surface area (Å²) in [5.74, 6) is -2.63. The van der Waals surface area contributed by atoms with Gasteiger partial charge in [0.05, 0.1) is 17.2 Å². The lowest BCUT2D eigenvalue weighted by atomic mass is 9.91. The zero-order valence-electron chi connectivity index (χ0n) is 15.3. The maximum atomic E-state index is 13.2. The van der Waals surface area contributed by atoms with Crippen molar-refractivity contribution in [2.24, 2.45) is 0 Å². The third-order valence-corrected chi connectivity index (χ3v) is 4.37. The van der Waals surface area contributed by atoms with Crippen molar-refractivity contribution in [2.45, 2.75) is 19.8 Å². The molecule has 0 unspecified atom stereocenters. The van der Waals surface area contributed by atoms with Crippen molar-refractivity contribution in [3.05, 3.63) is 74.8 Å². The Morgan fingerprint density at radius 2 is 1.31 bits per heavy atom. The molecule has 0 saturated heterocycles. The van der Waals surface area contributed by atoms with Gasteiger partial charge in [0.1, 0.15) is 34.5 Å². The Kier molecular flexibility index (Phi) is 5.18. The molecule has 29 heavy (non-hydrogen) atoms. The van der Waals surface area contributed by atoms with Gasteiger partial charge in [-0.25, -0.2) is 4.79 Å². The number of hydrogen-bond donors (Lipinski definition) is 5. The molecule has 0 aliphatic heterocycles. The van der Waals surface area contributed by atoms with E-state index in [1.807, 2.05) is 0 Å². The lowest BCUT2D eigenvalue weighted by molar-refractivity contribution is 0.103. The SMILES string of the molecule is CCc1cc(O)cc(O)c1C(=O)c1c(O)cc(O)cc1Cc1cc(O)cc(=O)o1. The molecule has 0 amide bonds. The van der Waals surface area contributed by atoms with E-state index in [0.717, 1.165) is 18.2 Å². The van der Waals surface area contributed by atoms with Crippen molar-refractivity contribution < 1.29 is 34.7 Å². The average molecular weight is 398 g/mol. The first kappa shape index (κ1) is 19.8. The number of rotatable bonds is 5. The zero-order valence-corrected chi connectivity index (χ0v) is 15.3. The van der Waals surface area contributed by atoms with Crippen molar-refractivity contribution in [3.63, 3.8) is 0 Å². The van der Waals surface area contributed by atoms with Crippen LogP contribution in [-0.4, -0.2) is 31.3 Å². The Morgan fingerprint density at radius 3 is 1.86 bits per heavy atom. The van der Waals surface area contributed by atoms with E-state index in [9.17, 15) is 35.1 Å². The highest BCUT2D eigenvalue weighted by Crippen LogP contribution is 2.35. The largest absolute Gasteiger partial charge is 0.508 e. The number of benzene rings is 2. The molecule has 150 valence electrons. The predicted molar refractivity (Wildman–Crippen MR) is 102 cm³/mol. The normalized spacial score (nSPS) is 10.8. The molecular weight excluding hydrogens is 380 g/mol. The Balaban J connectivity index is 2.18. The Labute approximate surface area is 164 Å². The number of carbonyl (C=O) groups is 1. The van der Waals surface area contributed by atoms with E-state index in [0.29, 0.717) is 12.0 Å². The summed E-state index contributed by atoms with van der Waals surface area (Å²) in [4.78, 5) is 24.7. The minimum Gasteiger partial charge on any atom is -0.508 e. The number of ketones is 1. The molecule has 3 aromatic rings. The fourth-order valence-electron chi connectivity index (χ4n) is 3.20. The first-order valence-electron chi connectivity index (χ1n) is 8.67. The molecule has 0 saturated carbocycles. The minimum atomic E-state index is -0.804. The summed E-state index contributed by atoms with van der Waals surface area (Å²) in [6.45, 7) is 1.73. The number of aromatic hydroxyl groups is 5. The molecule has 5 N–H and O–H groups in total. The molecule has 0 aliphatic rings. The van der Waals surface area contributed by atoms with E-state index in [2.05, 4.69) is 0 Å². The topological polar surface area (TPSA) is 148 Å². The van der Waals surface area contributed by atoms with Crippen LogP contribution in [0.5, 0.6) is 28.7 Å². The van der Waals surface area contributed by atoms with Crippen LogP contribution in [0.2, 0.25) is 0 Å². The van der Waals surface area contributed by atoms with Gasteiger partial charge in [0.2, 0.25) is 5.78 Å². The molecular formula is C21H18O8. The van der Waals surface area contributed by atoms with Crippen LogP contribution in [0.15, 0.2) is 45.6 Å². The van der Waals surface area contributed by atoms with Gasteiger partial charge >= 0.3 is 5.63 Å². The summed E-state index contributed by atoms with van der Waals surface area (Å²) in [7, 11) is 0. The highest BCUT2D eigenvalue weighted by atomic mass is 16.4. The van der Waals surface area contributed by atoms with E-state index in [1.54, 1.807) is 6.92 Å². The molecule has 2 aromatic carbocycles. The van der Waals surface area contributed by atoms with Crippen molar-refractivity contribution in [1.29, 1.82) is 0 Å². The summed E-state index contributed by atoms with van der Waals surface area (Å²) >= 11 is 0. The molecule has 0 radical (unpaired) electrons. The van der Waals surface area contributed by atoms with Crippen LogP contribution in [0.1, 0.15) is 39.7 Å². The molecule has 0 spiro atoms. The molecule has 0 fully saturated rings. The summed E-state index contributed by atoms with van der Waals surface area (Å²) in [6, 6.07) is 6.57. The number of carbonyl (C=O) groups excluding carboxylic acids is 1. The van der Waals surface area contributed by atoms with Crippen molar-refractivity contribution in [2.75, 3.05) is 0 Å². The van der Waals surface area contributed by atoms with Crippen LogP contribution in [0, 0.1) is 0 Å². The van der Waals surface area contributed by atoms with Gasteiger partial charge in [-0.15, -0.1) is 0 Å². The van der Waals surface area contributed by atoms with Crippen LogP contribution in [0.25, 0.3) is 0 Å². The maximum Gasteiger partial charge on any atom is 0.339 e. The van der Waals surface area contributed by atoms with Crippen LogP contribution < -0.4 is 5.63 Å².